The van der Waals surface area contributed by atoms with E-state index in [-0.39, 0.29) is 10.8 Å². The summed E-state index contributed by atoms with van der Waals surface area (Å²) >= 11 is 0. The van der Waals surface area contributed by atoms with Crippen LogP contribution in [0.4, 0.5) is 0 Å². The Labute approximate surface area is 107 Å². The second kappa shape index (κ2) is 5.10. The predicted molar refractivity (Wildman–Crippen MR) is 70.4 cm³/mol. The summed E-state index contributed by atoms with van der Waals surface area (Å²) in [5, 5.41) is 9.05. The summed E-state index contributed by atoms with van der Waals surface area (Å²) in [6, 6.07) is 6.37. The SMILES string of the molecule is CN=S(=O)(c1cccc(C(=O)O)c1)C1CCCC1. The van der Waals surface area contributed by atoms with E-state index in [1.807, 2.05) is 0 Å². The summed E-state index contributed by atoms with van der Waals surface area (Å²) in [6.07, 6.45) is 3.98. The molecule has 0 amide bonds. The molecule has 1 saturated carbocycles. The van der Waals surface area contributed by atoms with Gasteiger partial charge in [0.15, 0.2) is 0 Å². The van der Waals surface area contributed by atoms with Crippen LogP contribution in [0.1, 0.15) is 36.0 Å². The van der Waals surface area contributed by atoms with Crippen molar-refractivity contribution in [1.82, 2.24) is 0 Å². The first-order chi connectivity index (χ1) is 8.58. The molecule has 98 valence electrons. The van der Waals surface area contributed by atoms with Gasteiger partial charge in [-0.1, -0.05) is 18.9 Å². The van der Waals surface area contributed by atoms with Crippen LogP contribution in [0, 0.1) is 0 Å². The monoisotopic (exact) mass is 267 g/mol. The molecule has 1 aliphatic rings. The highest BCUT2D eigenvalue weighted by atomic mass is 32.2. The van der Waals surface area contributed by atoms with Crippen LogP contribution >= 0.6 is 0 Å². The predicted octanol–water partition coefficient (Wildman–Crippen LogP) is 2.78. The van der Waals surface area contributed by atoms with E-state index in [1.165, 1.54) is 12.1 Å². The molecule has 0 bridgehead atoms. The first kappa shape index (κ1) is 13.1. The third kappa shape index (κ3) is 2.27. The van der Waals surface area contributed by atoms with Crippen LogP contribution in [0.15, 0.2) is 33.5 Å². The van der Waals surface area contributed by atoms with Gasteiger partial charge in [-0.2, -0.15) is 0 Å². The van der Waals surface area contributed by atoms with E-state index in [0.717, 1.165) is 25.7 Å². The van der Waals surface area contributed by atoms with Gasteiger partial charge in [0.25, 0.3) is 0 Å². The Balaban J connectivity index is 2.48. The van der Waals surface area contributed by atoms with E-state index >= 15 is 0 Å². The Bertz CT molecular complexity index is 567. The van der Waals surface area contributed by atoms with Crippen LogP contribution in [-0.2, 0) is 9.73 Å². The summed E-state index contributed by atoms with van der Waals surface area (Å²) < 4.78 is 17.1. The fourth-order valence-corrected chi connectivity index (χ4v) is 4.90. The van der Waals surface area contributed by atoms with E-state index in [0.29, 0.717) is 4.90 Å². The van der Waals surface area contributed by atoms with Crippen molar-refractivity contribution in [3.63, 3.8) is 0 Å². The first-order valence-electron chi connectivity index (χ1n) is 6.05. The molecule has 18 heavy (non-hydrogen) atoms. The van der Waals surface area contributed by atoms with Gasteiger partial charge in [-0.15, -0.1) is 0 Å². The van der Waals surface area contributed by atoms with Gasteiger partial charge in [-0.05, 0) is 31.0 Å². The normalized spacial score (nSPS) is 19.4. The van der Waals surface area contributed by atoms with Crippen molar-refractivity contribution in [1.29, 1.82) is 0 Å². The van der Waals surface area contributed by atoms with Crippen LogP contribution in [0.2, 0.25) is 0 Å². The van der Waals surface area contributed by atoms with Crippen LogP contribution in [0.3, 0.4) is 0 Å². The van der Waals surface area contributed by atoms with Crippen molar-refractivity contribution in [2.24, 2.45) is 4.36 Å². The highest BCUT2D eigenvalue weighted by Crippen LogP contribution is 2.31. The number of hydrogen-bond acceptors (Lipinski definition) is 3. The molecule has 0 saturated heterocycles. The fourth-order valence-electron chi connectivity index (χ4n) is 2.47. The number of carbonyl (C=O) groups is 1. The van der Waals surface area contributed by atoms with Gasteiger partial charge in [0, 0.05) is 17.2 Å². The number of aromatic carboxylic acids is 1. The van der Waals surface area contributed by atoms with Gasteiger partial charge in [0.1, 0.15) is 0 Å². The molecule has 0 radical (unpaired) electrons. The average molecular weight is 267 g/mol. The smallest absolute Gasteiger partial charge is 0.335 e. The molecular weight excluding hydrogens is 250 g/mol. The van der Waals surface area contributed by atoms with Crippen molar-refractivity contribution >= 4 is 15.7 Å². The molecular formula is C13H17NO3S. The van der Waals surface area contributed by atoms with E-state index in [2.05, 4.69) is 4.36 Å². The number of hydrogen-bond donors (Lipinski definition) is 1. The van der Waals surface area contributed by atoms with Gasteiger partial charge < -0.3 is 5.11 Å². The van der Waals surface area contributed by atoms with Gasteiger partial charge in [-0.25, -0.2) is 13.4 Å². The molecule has 2 rings (SSSR count). The molecule has 0 spiro atoms. The highest BCUT2D eigenvalue weighted by Gasteiger charge is 2.28. The minimum absolute atomic E-state index is 0.0616. The molecule has 1 atom stereocenters. The Hall–Kier alpha value is -1.36. The number of rotatable bonds is 3. The molecule has 1 aromatic rings. The van der Waals surface area contributed by atoms with Crippen LogP contribution in [-0.4, -0.2) is 27.6 Å². The molecule has 0 heterocycles. The van der Waals surface area contributed by atoms with Crippen molar-refractivity contribution in [3.8, 4) is 0 Å². The van der Waals surface area contributed by atoms with Crippen molar-refractivity contribution in [3.05, 3.63) is 29.8 Å². The average Bonchev–Trinajstić information content (AvgIpc) is 2.92. The zero-order chi connectivity index (χ0) is 13.2. The van der Waals surface area contributed by atoms with Crippen molar-refractivity contribution in [2.45, 2.75) is 35.8 Å². The summed E-state index contributed by atoms with van der Waals surface area (Å²) in [5.41, 5.74) is 0.168. The lowest BCUT2D eigenvalue weighted by Crippen LogP contribution is -2.18. The molecule has 1 aromatic carbocycles. The lowest BCUT2D eigenvalue weighted by Gasteiger charge is -2.16. The van der Waals surface area contributed by atoms with Gasteiger partial charge in [0.05, 0.1) is 15.3 Å². The van der Waals surface area contributed by atoms with Crippen LogP contribution in [0.25, 0.3) is 0 Å². The quantitative estimate of drug-likeness (QED) is 0.915. The Morgan fingerprint density at radius 1 is 1.39 bits per heavy atom. The molecule has 1 N–H and O–H groups in total. The van der Waals surface area contributed by atoms with Crippen molar-refractivity contribution in [2.75, 3.05) is 7.05 Å². The zero-order valence-corrected chi connectivity index (χ0v) is 11.2. The molecule has 1 unspecified atom stereocenters. The minimum Gasteiger partial charge on any atom is -0.478 e. The standard InChI is InChI=1S/C13H17NO3S/c1-14-18(17,11-6-2-3-7-11)12-8-4-5-10(9-12)13(15)16/h4-5,8-9,11H,2-3,6-7H2,1H3,(H,15,16). The largest absolute Gasteiger partial charge is 0.478 e. The maximum Gasteiger partial charge on any atom is 0.335 e. The van der Waals surface area contributed by atoms with Crippen LogP contribution in [0.5, 0.6) is 0 Å². The Kier molecular flexibility index (Phi) is 3.71. The van der Waals surface area contributed by atoms with E-state index in [1.54, 1.807) is 19.2 Å². The third-order valence-corrected chi connectivity index (χ3v) is 6.29. The zero-order valence-electron chi connectivity index (χ0n) is 10.3. The minimum atomic E-state index is -2.48. The van der Waals surface area contributed by atoms with Gasteiger partial charge in [-0.3, -0.25) is 0 Å². The molecule has 0 aliphatic heterocycles. The van der Waals surface area contributed by atoms with Gasteiger partial charge >= 0.3 is 5.97 Å². The summed E-state index contributed by atoms with van der Waals surface area (Å²) in [5.74, 6) is -0.999. The number of carboxylic acids is 1. The topological polar surface area (TPSA) is 66.7 Å². The van der Waals surface area contributed by atoms with E-state index in [9.17, 15) is 9.00 Å². The molecule has 4 nitrogen and oxygen atoms in total. The second-order valence-electron chi connectivity index (χ2n) is 4.49. The van der Waals surface area contributed by atoms with E-state index in [4.69, 9.17) is 5.11 Å². The number of carboxylic acid groups (broad SMARTS) is 1. The molecule has 5 heteroatoms. The van der Waals surface area contributed by atoms with Crippen molar-refractivity contribution < 1.29 is 14.1 Å². The number of benzene rings is 1. The summed E-state index contributed by atoms with van der Waals surface area (Å²) in [4.78, 5) is 11.5. The first-order valence-corrected chi connectivity index (χ1v) is 7.63. The maximum atomic E-state index is 13.0. The molecule has 1 aliphatic carbocycles. The van der Waals surface area contributed by atoms with Crippen LogP contribution < -0.4 is 0 Å². The fraction of sp³-hybridized carbons (Fsp3) is 0.462. The summed E-state index contributed by atoms with van der Waals surface area (Å²) in [7, 11) is -0.915. The maximum absolute atomic E-state index is 13.0. The van der Waals surface area contributed by atoms with Gasteiger partial charge in [0.2, 0.25) is 0 Å². The third-order valence-electron chi connectivity index (χ3n) is 3.44. The Morgan fingerprint density at radius 3 is 2.61 bits per heavy atom. The molecule has 1 fully saturated rings. The van der Waals surface area contributed by atoms with E-state index < -0.39 is 15.7 Å². The number of nitrogens with zero attached hydrogens (tertiary/aromatic N) is 1. The Morgan fingerprint density at radius 2 is 2.06 bits per heavy atom. The highest BCUT2D eigenvalue weighted by molar-refractivity contribution is 7.94. The molecule has 0 aromatic heterocycles. The lowest BCUT2D eigenvalue weighted by atomic mass is 10.2. The lowest BCUT2D eigenvalue weighted by molar-refractivity contribution is 0.0696. The second-order valence-corrected chi connectivity index (χ2v) is 7.13. The summed E-state index contributed by atoms with van der Waals surface area (Å²) in [6.45, 7) is 0.